The van der Waals surface area contributed by atoms with E-state index in [1.165, 1.54) is 10.4 Å². The predicted octanol–water partition coefficient (Wildman–Crippen LogP) is 2.63. The molecule has 0 spiro atoms. The van der Waals surface area contributed by atoms with Gasteiger partial charge in [0.25, 0.3) is 5.91 Å². The zero-order chi connectivity index (χ0) is 17.2. The number of morpholine rings is 1. The molecule has 0 unspecified atom stereocenters. The summed E-state index contributed by atoms with van der Waals surface area (Å²) in [6.45, 7) is 1.34. The van der Waals surface area contributed by atoms with Gasteiger partial charge in [0.2, 0.25) is 10.0 Å². The molecule has 1 aromatic heterocycles. The molecule has 2 heterocycles. The van der Waals surface area contributed by atoms with Crippen LogP contribution >= 0.6 is 33.9 Å². The largest absolute Gasteiger partial charge is 0.379 e. The van der Waals surface area contributed by atoms with Crippen LogP contribution in [0.3, 0.4) is 0 Å². The van der Waals surface area contributed by atoms with Crippen molar-refractivity contribution in [3.63, 3.8) is 0 Å². The lowest BCUT2D eigenvalue weighted by molar-refractivity contribution is 0.0730. The molecule has 24 heavy (non-hydrogen) atoms. The van der Waals surface area contributed by atoms with Gasteiger partial charge in [-0.15, -0.1) is 11.3 Å². The number of sulfonamides is 1. The Morgan fingerprint density at radius 1 is 1.17 bits per heavy atom. The van der Waals surface area contributed by atoms with E-state index in [2.05, 4.69) is 27.9 Å². The van der Waals surface area contributed by atoms with Gasteiger partial charge in [0.05, 0.1) is 13.2 Å². The molecule has 1 aromatic carbocycles. The van der Waals surface area contributed by atoms with E-state index in [9.17, 15) is 13.2 Å². The standard InChI is InChI=1S/C15H15IN2O4S2/c16-11-1-3-12(4-2-11)17-15(19)14-13(5-10-23-14)24(20,21)18-6-8-22-9-7-18/h1-5,10H,6-9H2,(H,17,19). The summed E-state index contributed by atoms with van der Waals surface area (Å²) in [5.41, 5.74) is 0.628. The van der Waals surface area contributed by atoms with Gasteiger partial charge in [-0.2, -0.15) is 4.31 Å². The molecule has 3 rings (SSSR count). The Morgan fingerprint density at radius 3 is 2.50 bits per heavy atom. The predicted molar refractivity (Wildman–Crippen MR) is 101 cm³/mol. The molecule has 9 heteroatoms. The Kier molecular flexibility index (Phi) is 5.55. The molecule has 1 fully saturated rings. The maximum absolute atomic E-state index is 12.8. The average Bonchev–Trinajstić information content (AvgIpc) is 3.08. The maximum atomic E-state index is 12.8. The molecule has 1 aliphatic heterocycles. The monoisotopic (exact) mass is 478 g/mol. The third-order valence-electron chi connectivity index (χ3n) is 3.53. The van der Waals surface area contributed by atoms with Crippen LogP contribution in [0.2, 0.25) is 0 Å². The number of rotatable bonds is 4. The van der Waals surface area contributed by atoms with Crippen LogP contribution in [0.5, 0.6) is 0 Å². The molecular weight excluding hydrogens is 463 g/mol. The highest BCUT2D eigenvalue weighted by molar-refractivity contribution is 14.1. The van der Waals surface area contributed by atoms with Crippen LogP contribution in [0.15, 0.2) is 40.6 Å². The minimum atomic E-state index is -3.69. The van der Waals surface area contributed by atoms with Gasteiger partial charge in [-0.25, -0.2) is 8.42 Å². The van der Waals surface area contributed by atoms with Gasteiger partial charge < -0.3 is 10.1 Å². The lowest BCUT2D eigenvalue weighted by Crippen LogP contribution is -2.41. The first-order valence-electron chi connectivity index (χ1n) is 7.21. The number of nitrogens with zero attached hydrogens (tertiary/aromatic N) is 1. The Labute approximate surface area is 158 Å². The van der Waals surface area contributed by atoms with Crippen LogP contribution in [-0.4, -0.2) is 44.9 Å². The van der Waals surface area contributed by atoms with E-state index < -0.39 is 15.9 Å². The molecule has 128 valence electrons. The van der Waals surface area contributed by atoms with Crippen molar-refractivity contribution in [3.05, 3.63) is 44.2 Å². The summed E-state index contributed by atoms with van der Waals surface area (Å²) in [7, 11) is -3.69. The molecule has 0 saturated carbocycles. The van der Waals surface area contributed by atoms with Gasteiger partial charge >= 0.3 is 0 Å². The molecule has 0 aliphatic carbocycles. The highest BCUT2D eigenvalue weighted by atomic mass is 127. The van der Waals surface area contributed by atoms with Gasteiger partial charge in [-0.1, -0.05) is 0 Å². The highest BCUT2D eigenvalue weighted by Crippen LogP contribution is 2.27. The molecule has 1 amide bonds. The van der Waals surface area contributed by atoms with Gasteiger partial charge in [0.15, 0.2) is 0 Å². The van der Waals surface area contributed by atoms with Crippen molar-refractivity contribution in [2.45, 2.75) is 4.90 Å². The van der Waals surface area contributed by atoms with Gasteiger partial charge in [0, 0.05) is 22.3 Å². The van der Waals surface area contributed by atoms with Crippen molar-refractivity contribution < 1.29 is 17.9 Å². The minimum Gasteiger partial charge on any atom is -0.379 e. The molecule has 1 aliphatic rings. The Balaban J connectivity index is 1.84. The number of halogens is 1. The number of carbonyl (C=O) groups excluding carboxylic acids is 1. The summed E-state index contributed by atoms with van der Waals surface area (Å²) in [5, 5.41) is 4.37. The minimum absolute atomic E-state index is 0.0532. The van der Waals surface area contributed by atoms with Crippen molar-refractivity contribution >= 4 is 55.5 Å². The van der Waals surface area contributed by atoms with Crippen molar-refractivity contribution in [1.82, 2.24) is 4.31 Å². The average molecular weight is 478 g/mol. The summed E-state index contributed by atoms with van der Waals surface area (Å²) >= 11 is 3.30. The number of nitrogens with one attached hydrogen (secondary N) is 1. The van der Waals surface area contributed by atoms with E-state index in [1.807, 2.05) is 12.1 Å². The zero-order valence-corrected chi connectivity index (χ0v) is 16.4. The fourth-order valence-electron chi connectivity index (χ4n) is 2.31. The van der Waals surface area contributed by atoms with Crippen LogP contribution < -0.4 is 5.32 Å². The fraction of sp³-hybridized carbons (Fsp3) is 0.267. The van der Waals surface area contributed by atoms with E-state index in [4.69, 9.17) is 4.74 Å². The maximum Gasteiger partial charge on any atom is 0.267 e. The molecule has 0 bridgehead atoms. The van der Waals surface area contributed by atoms with Crippen LogP contribution in [0, 0.1) is 3.57 Å². The van der Waals surface area contributed by atoms with Gasteiger partial charge in [0.1, 0.15) is 9.77 Å². The van der Waals surface area contributed by atoms with E-state index >= 15 is 0 Å². The number of anilines is 1. The number of hydrogen-bond donors (Lipinski definition) is 1. The number of carbonyl (C=O) groups is 1. The van der Waals surface area contributed by atoms with Crippen LogP contribution in [0.25, 0.3) is 0 Å². The third-order valence-corrected chi connectivity index (χ3v) is 7.23. The Bertz CT molecular complexity index is 827. The van der Waals surface area contributed by atoms with Gasteiger partial charge in [-0.05, 0) is 58.3 Å². The topological polar surface area (TPSA) is 75.7 Å². The third kappa shape index (κ3) is 3.80. The lowest BCUT2D eigenvalue weighted by Gasteiger charge is -2.26. The fourth-order valence-corrected chi connectivity index (χ4v) is 5.38. The first-order valence-corrected chi connectivity index (χ1v) is 10.6. The smallest absolute Gasteiger partial charge is 0.267 e. The quantitative estimate of drug-likeness (QED) is 0.686. The summed E-state index contributed by atoms with van der Waals surface area (Å²) < 4.78 is 33.1. The number of amides is 1. The number of hydrogen-bond acceptors (Lipinski definition) is 5. The number of thiophene rings is 1. The molecule has 1 N–H and O–H groups in total. The number of ether oxygens (including phenoxy) is 1. The van der Waals surface area contributed by atoms with E-state index in [0.29, 0.717) is 32.0 Å². The van der Waals surface area contributed by atoms with Crippen LogP contribution in [0.1, 0.15) is 9.67 Å². The van der Waals surface area contributed by atoms with Crippen molar-refractivity contribution in [2.75, 3.05) is 31.6 Å². The van der Waals surface area contributed by atoms with E-state index in [-0.39, 0.29) is 9.77 Å². The molecular formula is C15H15IN2O4S2. The zero-order valence-electron chi connectivity index (χ0n) is 12.6. The molecule has 1 saturated heterocycles. The number of benzene rings is 1. The molecule has 0 atom stereocenters. The highest BCUT2D eigenvalue weighted by Gasteiger charge is 2.31. The summed E-state index contributed by atoms with van der Waals surface area (Å²) in [4.78, 5) is 12.7. The van der Waals surface area contributed by atoms with Crippen molar-refractivity contribution in [2.24, 2.45) is 0 Å². The van der Waals surface area contributed by atoms with E-state index in [0.717, 1.165) is 14.9 Å². The summed E-state index contributed by atoms with van der Waals surface area (Å²) in [6.07, 6.45) is 0. The van der Waals surface area contributed by atoms with Gasteiger partial charge in [-0.3, -0.25) is 4.79 Å². The molecule has 2 aromatic rings. The second-order valence-corrected chi connectivity index (χ2v) is 9.16. The SMILES string of the molecule is O=C(Nc1ccc(I)cc1)c1sccc1S(=O)(=O)N1CCOCC1. The van der Waals surface area contributed by atoms with Crippen molar-refractivity contribution in [3.8, 4) is 0 Å². The Morgan fingerprint density at radius 2 is 1.83 bits per heavy atom. The summed E-state index contributed by atoms with van der Waals surface area (Å²) in [5.74, 6) is -0.418. The van der Waals surface area contributed by atoms with Crippen LogP contribution in [-0.2, 0) is 14.8 Å². The normalized spacial score (nSPS) is 16.0. The molecule has 6 nitrogen and oxygen atoms in total. The van der Waals surface area contributed by atoms with Crippen LogP contribution in [0.4, 0.5) is 5.69 Å². The summed E-state index contributed by atoms with van der Waals surface area (Å²) in [6, 6.07) is 8.79. The second-order valence-electron chi connectivity index (χ2n) is 5.09. The Hall–Kier alpha value is -1.01. The van der Waals surface area contributed by atoms with E-state index in [1.54, 1.807) is 17.5 Å². The lowest BCUT2D eigenvalue weighted by atomic mass is 10.3. The first kappa shape index (κ1) is 17.8. The first-order chi connectivity index (χ1) is 11.5. The molecule has 0 radical (unpaired) electrons. The van der Waals surface area contributed by atoms with Crippen molar-refractivity contribution in [1.29, 1.82) is 0 Å². The second kappa shape index (κ2) is 7.48.